The van der Waals surface area contributed by atoms with E-state index < -0.39 is 0 Å². The van der Waals surface area contributed by atoms with E-state index in [9.17, 15) is 9.59 Å². The number of ether oxygens (including phenoxy) is 2. The highest BCUT2D eigenvalue weighted by atomic mass is 32.2. The molecule has 7 nitrogen and oxygen atoms in total. The second-order valence-corrected chi connectivity index (χ2v) is 8.49. The highest BCUT2D eigenvalue weighted by molar-refractivity contribution is 7.99. The Labute approximate surface area is 192 Å². The Morgan fingerprint density at radius 3 is 2.78 bits per heavy atom. The first-order chi connectivity index (χ1) is 15.6. The van der Waals surface area contributed by atoms with Crippen LogP contribution in [0.3, 0.4) is 0 Å². The standard InChI is InChI=1S/C23H20N2O5S2/c1-4-9-25-22(27)20-15(17-6-5-10-30-17)12-31-21(20)24-23(25)32-13-16(26)14-7-8-18(28-2)19(11-14)29-3/h4-8,10-12H,1,9,13H2,2-3H3. The van der Waals surface area contributed by atoms with E-state index >= 15 is 0 Å². The number of Topliss-reactive ketones (excluding diaryl/α,β-unsaturated/α-hetero) is 1. The lowest BCUT2D eigenvalue weighted by Crippen LogP contribution is -2.23. The second-order valence-electron chi connectivity index (χ2n) is 6.69. The summed E-state index contributed by atoms with van der Waals surface area (Å²) in [7, 11) is 3.06. The summed E-state index contributed by atoms with van der Waals surface area (Å²) in [4.78, 5) is 31.4. The van der Waals surface area contributed by atoms with Gasteiger partial charge in [0.2, 0.25) is 0 Å². The van der Waals surface area contributed by atoms with Crippen LogP contribution in [0, 0.1) is 0 Å². The Kier molecular flexibility index (Phi) is 6.48. The van der Waals surface area contributed by atoms with Gasteiger partial charge >= 0.3 is 0 Å². The molecule has 0 atom stereocenters. The third-order valence-corrected chi connectivity index (χ3v) is 6.64. The van der Waals surface area contributed by atoms with Gasteiger partial charge in [0.15, 0.2) is 22.4 Å². The summed E-state index contributed by atoms with van der Waals surface area (Å²) in [6, 6.07) is 8.61. The zero-order valence-corrected chi connectivity index (χ0v) is 19.1. The normalized spacial score (nSPS) is 10.9. The van der Waals surface area contributed by atoms with Gasteiger partial charge in [-0.2, -0.15) is 0 Å². The van der Waals surface area contributed by atoms with Gasteiger partial charge in [0, 0.05) is 23.1 Å². The molecule has 0 unspecified atom stereocenters. The number of nitrogens with zero attached hydrogens (tertiary/aromatic N) is 2. The minimum Gasteiger partial charge on any atom is -0.493 e. The van der Waals surface area contributed by atoms with E-state index in [1.54, 1.807) is 36.6 Å². The molecule has 4 aromatic rings. The maximum atomic E-state index is 13.3. The molecule has 0 aliphatic heterocycles. The molecule has 0 aliphatic carbocycles. The van der Waals surface area contributed by atoms with Crippen molar-refractivity contribution in [1.82, 2.24) is 9.55 Å². The first-order valence-corrected chi connectivity index (χ1v) is 11.5. The lowest BCUT2D eigenvalue weighted by atomic mass is 10.1. The number of thioether (sulfide) groups is 1. The van der Waals surface area contributed by atoms with Gasteiger partial charge < -0.3 is 13.9 Å². The Bertz CT molecular complexity index is 1340. The number of ketones is 1. The summed E-state index contributed by atoms with van der Waals surface area (Å²) in [5.41, 5.74) is 1.01. The van der Waals surface area contributed by atoms with Gasteiger partial charge in [-0.15, -0.1) is 17.9 Å². The summed E-state index contributed by atoms with van der Waals surface area (Å²) in [5, 5.41) is 2.82. The molecule has 0 aliphatic rings. The largest absolute Gasteiger partial charge is 0.493 e. The number of allylic oxidation sites excluding steroid dienone is 1. The average molecular weight is 469 g/mol. The molecule has 3 aromatic heterocycles. The number of carbonyl (C=O) groups excluding carboxylic acids is 1. The number of furan rings is 1. The lowest BCUT2D eigenvalue weighted by Gasteiger charge is -2.11. The predicted octanol–water partition coefficient (Wildman–Crippen LogP) is 4.90. The van der Waals surface area contributed by atoms with Gasteiger partial charge in [-0.1, -0.05) is 17.8 Å². The topological polar surface area (TPSA) is 83.6 Å². The molecule has 9 heteroatoms. The summed E-state index contributed by atoms with van der Waals surface area (Å²) in [5.74, 6) is 1.65. The van der Waals surface area contributed by atoms with Crippen LogP contribution in [0.1, 0.15) is 10.4 Å². The first kappa shape index (κ1) is 21.9. The Balaban J connectivity index is 1.66. The van der Waals surface area contributed by atoms with E-state index in [1.807, 2.05) is 11.4 Å². The number of thiophene rings is 1. The maximum absolute atomic E-state index is 13.3. The molecular weight excluding hydrogens is 448 g/mol. The van der Waals surface area contributed by atoms with Crippen LogP contribution in [0.15, 0.2) is 69.0 Å². The molecule has 4 rings (SSSR count). The van der Waals surface area contributed by atoms with Crippen molar-refractivity contribution in [2.45, 2.75) is 11.7 Å². The molecule has 3 heterocycles. The van der Waals surface area contributed by atoms with Crippen LogP contribution in [-0.2, 0) is 6.54 Å². The minimum absolute atomic E-state index is 0.112. The van der Waals surface area contributed by atoms with Gasteiger partial charge in [-0.3, -0.25) is 14.2 Å². The van der Waals surface area contributed by atoms with Crippen molar-refractivity contribution in [3.63, 3.8) is 0 Å². The van der Waals surface area contributed by atoms with Crippen molar-refractivity contribution in [2.24, 2.45) is 0 Å². The third-order valence-electron chi connectivity index (χ3n) is 4.79. The van der Waals surface area contributed by atoms with Crippen LogP contribution in [0.25, 0.3) is 21.5 Å². The SMILES string of the molecule is C=CCn1c(SCC(=O)c2ccc(OC)c(OC)c2)nc2scc(-c3ccco3)c2c1=O. The zero-order chi connectivity index (χ0) is 22.7. The number of hydrogen-bond donors (Lipinski definition) is 0. The maximum Gasteiger partial charge on any atom is 0.263 e. The molecule has 0 N–H and O–H groups in total. The number of benzene rings is 1. The Morgan fingerprint density at radius 2 is 2.09 bits per heavy atom. The molecule has 164 valence electrons. The molecule has 0 spiro atoms. The van der Waals surface area contributed by atoms with Gasteiger partial charge in [-0.05, 0) is 30.3 Å². The Morgan fingerprint density at radius 1 is 1.28 bits per heavy atom. The fourth-order valence-electron chi connectivity index (χ4n) is 3.24. The number of carbonyl (C=O) groups is 1. The second kappa shape index (κ2) is 9.46. The van der Waals surface area contributed by atoms with Crippen molar-refractivity contribution < 1.29 is 18.7 Å². The van der Waals surface area contributed by atoms with Crippen molar-refractivity contribution >= 4 is 39.1 Å². The minimum atomic E-state index is -0.191. The van der Waals surface area contributed by atoms with Gasteiger partial charge in [0.1, 0.15) is 10.6 Å². The van der Waals surface area contributed by atoms with Crippen LogP contribution in [-0.4, -0.2) is 35.3 Å². The van der Waals surface area contributed by atoms with Crippen LogP contribution in [0.2, 0.25) is 0 Å². The number of methoxy groups -OCH3 is 2. The van der Waals surface area contributed by atoms with Crippen molar-refractivity contribution in [1.29, 1.82) is 0 Å². The zero-order valence-electron chi connectivity index (χ0n) is 17.5. The van der Waals surface area contributed by atoms with E-state index in [-0.39, 0.29) is 23.6 Å². The highest BCUT2D eigenvalue weighted by Crippen LogP contribution is 2.33. The summed E-state index contributed by atoms with van der Waals surface area (Å²) < 4.78 is 17.5. The number of hydrogen-bond acceptors (Lipinski definition) is 8. The fourth-order valence-corrected chi connectivity index (χ4v) is 5.11. The van der Waals surface area contributed by atoms with Gasteiger partial charge in [0.25, 0.3) is 5.56 Å². The van der Waals surface area contributed by atoms with E-state index in [0.717, 1.165) is 0 Å². The quantitative estimate of drug-likeness (QED) is 0.150. The number of rotatable bonds is 9. The van der Waals surface area contributed by atoms with E-state index in [4.69, 9.17) is 13.9 Å². The molecule has 0 saturated heterocycles. The van der Waals surface area contributed by atoms with E-state index in [1.165, 1.54) is 41.9 Å². The summed E-state index contributed by atoms with van der Waals surface area (Å²) in [6.45, 7) is 4.03. The van der Waals surface area contributed by atoms with Crippen LogP contribution >= 0.6 is 23.1 Å². The smallest absolute Gasteiger partial charge is 0.263 e. The molecule has 0 radical (unpaired) electrons. The first-order valence-electron chi connectivity index (χ1n) is 9.62. The van der Waals surface area contributed by atoms with E-state index in [2.05, 4.69) is 11.6 Å². The predicted molar refractivity (Wildman–Crippen MR) is 126 cm³/mol. The molecule has 0 bridgehead atoms. The van der Waals surface area contributed by atoms with E-state index in [0.29, 0.717) is 43.8 Å². The van der Waals surface area contributed by atoms with Crippen molar-refractivity contribution in [2.75, 3.05) is 20.0 Å². The van der Waals surface area contributed by atoms with Crippen molar-refractivity contribution in [3.05, 3.63) is 70.5 Å². The molecule has 1 aromatic carbocycles. The highest BCUT2D eigenvalue weighted by Gasteiger charge is 2.19. The average Bonchev–Trinajstić information content (AvgIpc) is 3.49. The van der Waals surface area contributed by atoms with Gasteiger partial charge in [-0.25, -0.2) is 4.98 Å². The van der Waals surface area contributed by atoms with Crippen molar-refractivity contribution in [3.8, 4) is 22.8 Å². The molecule has 32 heavy (non-hydrogen) atoms. The molecular formula is C23H20N2O5S2. The van der Waals surface area contributed by atoms with Gasteiger partial charge in [0.05, 0.1) is 31.6 Å². The number of fused-ring (bicyclic) bond motifs is 1. The summed E-state index contributed by atoms with van der Waals surface area (Å²) in [6.07, 6.45) is 3.20. The molecule has 0 fully saturated rings. The molecule has 0 amide bonds. The fraction of sp³-hybridized carbons (Fsp3) is 0.174. The third kappa shape index (κ3) is 4.09. The van der Waals surface area contributed by atoms with Crippen LogP contribution in [0.4, 0.5) is 0 Å². The Hall–Kier alpha value is -3.30. The molecule has 0 saturated carbocycles. The number of aromatic nitrogens is 2. The van der Waals surface area contributed by atoms with Crippen LogP contribution < -0.4 is 15.0 Å². The van der Waals surface area contributed by atoms with Crippen LogP contribution in [0.5, 0.6) is 11.5 Å². The summed E-state index contributed by atoms with van der Waals surface area (Å²) >= 11 is 2.58. The lowest BCUT2D eigenvalue weighted by molar-refractivity contribution is 0.102. The monoisotopic (exact) mass is 468 g/mol.